The molecule has 1 aromatic rings. The third-order valence-electron chi connectivity index (χ3n) is 5.78. The topological polar surface area (TPSA) is 71.5 Å². The first-order chi connectivity index (χ1) is 12.7. The second kappa shape index (κ2) is 8.05. The van der Waals surface area contributed by atoms with Crippen LogP contribution in [0, 0.1) is 5.92 Å². The van der Waals surface area contributed by atoms with Crippen LogP contribution in [0.3, 0.4) is 0 Å². The van der Waals surface area contributed by atoms with E-state index in [4.69, 9.17) is 4.74 Å². The van der Waals surface area contributed by atoms with Gasteiger partial charge < -0.3 is 9.64 Å². The predicted octanol–water partition coefficient (Wildman–Crippen LogP) is 3.12. The summed E-state index contributed by atoms with van der Waals surface area (Å²) in [6.45, 7) is 2.02. The second-order valence-electron chi connectivity index (χ2n) is 7.63. The molecule has 2 aliphatic heterocycles. The van der Waals surface area contributed by atoms with Crippen molar-refractivity contribution in [3.63, 3.8) is 0 Å². The van der Waals surface area contributed by atoms with Crippen molar-refractivity contribution in [1.29, 1.82) is 0 Å². The maximum atomic E-state index is 12.5. The molecule has 4 rings (SSSR count). The average molecular weight is 378 g/mol. The molecular weight excluding hydrogens is 350 g/mol. The van der Waals surface area contributed by atoms with Crippen LogP contribution in [0.4, 0.5) is 5.13 Å². The number of fused-ring (bicyclic) bond motifs is 1. The highest BCUT2D eigenvalue weighted by atomic mass is 32.1. The number of aromatic nitrogens is 1. The SMILES string of the molecule is O=C(Nc1nc2c(s1)CN(C(=O)CCC1CCCC1)CC2)C1CCCO1. The average Bonchev–Trinajstić information content (AvgIpc) is 3.39. The van der Waals surface area contributed by atoms with Crippen molar-refractivity contribution in [2.45, 2.75) is 70.4 Å². The molecule has 0 bridgehead atoms. The van der Waals surface area contributed by atoms with Crippen LogP contribution < -0.4 is 5.32 Å². The molecule has 26 heavy (non-hydrogen) atoms. The maximum absolute atomic E-state index is 12.5. The number of carbonyl (C=O) groups excluding carboxylic acids is 2. The highest BCUT2D eigenvalue weighted by Gasteiger charge is 2.27. The second-order valence-corrected chi connectivity index (χ2v) is 8.72. The number of hydrogen-bond acceptors (Lipinski definition) is 5. The van der Waals surface area contributed by atoms with E-state index in [1.165, 1.54) is 37.0 Å². The van der Waals surface area contributed by atoms with Gasteiger partial charge in [-0.25, -0.2) is 4.98 Å². The lowest BCUT2D eigenvalue weighted by Gasteiger charge is -2.26. The van der Waals surface area contributed by atoms with E-state index in [1.807, 2.05) is 4.90 Å². The van der Waals surface area contributed by atoms with Crippen molar-refractivity contribution in [2.24, 2.45) is 5.92 Å². The Kier molecular flexibility index (Phi) is 5.55. The highest BCUT2D eigenvalue weighted by Crippen LogP contribution is 2.31. The summed E-state index contributed by atoms with van der Waals surface area (Å²) in [4.78, 5) is 32.3. The lowest BCUT2D eigenvalue weighted by atomic mass is 10.0. The molecular formula is C19H27N3O3S. The predicted molar refractivity (Wildman–Crippen MR) is 100 cm³/mol. The summed E-state index contributed by atoms with van der Waals surface area (Å²) in [6, 6.07) is 0. The number of hydrogen-bond donors (Lipinski definition) is 1. The van der Waals surface area contributed by atoms with Gasteiger partial charge in [-0.2, -0.15) is 0 Å². The van der Waals surface area contributed by atoms with Crippen LogP contribution in [0.5, 0.6) is 0 Å². The largest absolute Gasteiger partial charge is 0.368 e. The van der Waals surface area contributed by atoms with Gasteiger partial charge in [0.15, 0.2) is 5.13 Å². The van der Waals surface area contributed by atoms with Crippen LogP contribution in [-0.4, -0.2) is 41.0 Å². The molecule has 1 saturated carbocycles. The fourth-order valence-electron chi connectivity index (χ4n) is 4.22. The Labute approximate surface area is 158 Å². The summed E-state index contributed by atoms with van der Waals surface area (Å²) in [5, 5.41) is 3.52. The molecule has 142 valence electrons. The number of nitrogens with one attached hydrogen (secondary N) is 1. The molecule has 6 nitrogen and oxygen atoms in total. The van der Waals surface area contributed by atoms with Crippen LogP contribution in [0.15, 0.2) is 0 Å². The van der Waals surface area contributed by atoms with Gasteiger partial charge in [-0.1, -0.05) is 37.0 Å². The van der Waals surface area contributed by atoms with Crippen molar-refractivity contribution < 1.29 is 14.3 Å². The van der Waals surface area contributed by atoms with Crippen LogP contribution >= 0.6 is 11.3 Å². The first-order valence-corrected chi connectivity index (χ1v) is 10.7. The van der Waals surface area contributed by atoms with E-state index in [9.17, 15) is 9.59 Å². The molecule has 1 aromatic heterocycles. The van der Waals surface area contributed by atoms with Crippen LogP contribution in [-0.2, 0) is 27.3 Å². The third kappa shape index (κ3) is 4.09. The minimum atomic E-state index is -0.343. The minimum Gasteiger partial charge on any atom is -0.368 e. The van der Waals surface area contributed by atoms with Gasteiger partial charge in [0.25, 0.3) is 5.91 Å². The van der Waals surface area contributed by atoms with E-state index in [0.717, 1.165) is 48.7 Å². The number of amides is 2. The molecule has 7 heteroatoms. The van der Waals surface area contributed by atoms with Crippen molar-refractivity contribution in [3.8, 4) is 0 Å². The van der Waals surface area contributed by atoms with Crippen LogP contribution in [0.2, 0.25) is 0 Å². The monoisotopic (exact) mass is 377 g/mol. The number of rotatable bonds is 5. The molecule has 3 aliphatic rings. The lowest BCUT2D eigenvalue weighted by Crippen LogP contribution is -2.35. The number of nitrogens with zero attached hydrogens (tertiary/aromatic N) is 2. The maximum Gasteiger partial charge on any atom is 0.255 e. The number of thiazole rings is 1. The van der Waals surface area contributed by atoms with Gasteiger partial charge in [-0.3, -0.25) is 14.9 Å². The van der Waals surface area contributed by atoms with E-state index >= 15 is 0 Å². The molecule has 1 N–H and O–H groups in total. The van der Waals surface area contributed by atoms with Gasteiger partial charge in [-0.05, 0) is 25.2 Å². The molecule has 1 saturated heterocycles. The fourth-order valence-corrected chi connectivity index (χ4v) is 5.24. The number of ether oxygens (including phenoxy) is 1. The summed E-state index contributed by atoms with van der Waals surface area (Å²) < 4.78 is 5.42. The third-order valence-corrected chi connectivity index (χ3v) is 6.78. The standard InChI is InChI=1S/C19H27N3O3S/c23-17(8-7-13-4-1-2-5-13)22-10-9-14-16(12-22)26-19(20-14)21-18(24)15-6-3-11-25-15/h13,15H,1-12H2,(H,20,21,24). The molecule has 0 spiro atoms. The smallest absolute Gasteiger partial charge is 0.255 e. The Bertz CT molecular complexity index is 663. The zero-order valence-corrected chi connectivity index (χ0v) is 16.0. The first kappa shape index (κ1) is 17.9. The zero-order chi connectivity index (χ0) is 17.9. The number of carbonyl (C=O) groups is 2. The van der Waals surface area contributed by atoms with Crippen molar-refractivity contribution >= 4 is 28.3 Å². The summed E-state index contributed by atoms with van der Waals surface area (Å²) in [7, 11) is 0. The zero-order valence-electron chi connectivity index (χ0n) is 15.2. The molecule has 1 atom stereocenters. The van der Waals surface area contributed by atoms with E-state index in [1.54, 1.807) is 0 Å². The molecule has 0 aromatic carbocycles. The van der Waals surface area contributed by atoms with Gasteiger partial charge in [0.05, 0.1) is 12.2 Å². The first-order valence-electron chi connectivity index (χ1n) is 9.88. The lowest BCUT2D eigenvalue weighted by molar-refractivity contribution is -0.132. The summed E-state index contributed by atoms with van der Waals surface area (Å²) >= 11 is 1.49. The quantitative estimate of drug-likeness (QED) is 0.856. The van der Waals surface area contributed by atoms with Gasteiger partial charge in [-0.15, -0.1) is 0 Å². The Morgan fingerprint density at radius 3 is 2.85 bits per heavy atom. The molecule has 0 radical (unpaired) electrons. The number of anilines is 1. The summed E-state index contributed by atoms with van der Waals surface area (Å²) in [5.41, 5.74) is 1.03. The van der Waals surface area contributed by atoms with Gasteiger partial charge in [0.1, 0.15) is 6.10 Å². The molecule has 1 unspecified atom stereocenters. The van der Waals surface area contributed by atoms with Crippen LogP contribution in [0.1, 0.15) is 61.9 Å². The molecule has 3 heterocycles. The Morgan fingerprint density at radius 1 is 1.23 bits per heavy atom. The fraction of sp³-hybridized carbons (Fsp3) is 0.737. The van der Waals surface area contributed by atoms with Crippen molar-refractivity contribution in [1.82, 2.24) is 9.88 Å². The molecule has 1 aliphatic carbocycles. The Hall–Kier alpha value is -1.47. The Balaban J connectivity index is 1.31. The normalized spacial score (nSPS) is 23.2. The van der Waals surface area contributed by atoms with Gasteiger partial charge >= 0.3 is 0 Å². The van der Waals surface area contributed by atoms with E-state index in [2.05, 4.69) is 10.3 Å². The molecule has 2 fully saturated rings. The Morgan fingerprint density at radius 2 is 2.08 bits per heavy atom. The van der Waals surface area contributed by atoms with E-state index in [0.29, 0.717) is 24.7 Å². The van der Waals surface area contributed by atoms with Crippen LogP contribution in [0.25, 0.3) is 0 Å². The summed E-state index contributed by atoms with van der Waals surface area (Å²) in [6.07, 6.45) is 9.08. The van der Waals surface area contributed by atoms with Crippen molar-refractivity contribution in [2.75, 3.05) is 18.5 Å². The minimum absolute atomic E-state index is 0.0990. The van der Waals surface area contributed by atoms with Gasteiger partial charge in [0.2, 0.25) is 5.91 Å². The summed E-state index contributed by atoms with van der Waals surface area (Å²) in [5.74, 6) is 0.918. The van der Waals surface area contributed by atoms with E-state index < -0.39 is 0 Å². The highest BCUT2D eigenvalue weighted by molar-refractivity contribution is 7.15. The molecule has 2 amide bonds. The van der Waals surface area contributed by atoms with Gasteiger partial charge in [0, 0.05) is 30.9 Å². The van der Waals surface area contributed by atoms with Crippen molar-refractivity contribution in [3.05, 3.63) is 10.6 Å². The van der Waals surface area contributed by atoms with E-state index in [-0.39, 0.29) is 17.9 Å².